The number of hydrogen-bond acceptors (Lipinski definition) is 5. The Balaban J connectivity index is 1.56. The molecule has 0 saturated heterocycles. The average molecular weight is 326 g/mol. The molecule has 1 aromatic carbocycles. The molecule has 0 aliphatic carbocycles. The second kappa shape index (κ2) is 7.31. The van der Waals surface area contributed by atoms with Gasteiger partial charge in [-0.2, -0.15) is 4.98 Å². The van der Waals surface area contributed by atoms with Crippen LogP contribution in [0, 0.1) is 0 Å². The molecule has 3 aromatic rings. The van der Waals surface area contributed by atoms with Crippen LogP contribution in [0.4, 0.5) is 0 Å². The van der Waals surface area contributed by atoms with Gasteiger partial charge in [0.1, 0.15) is 5.75 Å². The molecule has 0 atom stereocenters. The first-order chi connectivity index (χ1) is 11.7. The van der Waals surface area contributed by atoms with E-state index in [0.717, 1.165) is 30.8 Å². The maximum absolute atomic E-state index is 5.36. The molecular weight excluding hydrogens is 304 g/mol. The van der Waals surface area contributed by atoms with E-state index < -0.39 is 0 Å². The maximum Gasteiger partial charge on any atom is 0.228 e. The van der Waals surface area contributed by atoms with Gasteiger partial charge in [0.2, 0.25) is 11.7 Å². The van der Waals surface area contributed by atoms with E-state index in [9.17, 15) is 0 Å². The molecular formula is C18H22N4O2. The number of methoxy groups -OCH3 is 1. The number of aryl methyl sites for hydroxylation is 1. The van der Waals surface area contributed by atoms with Crippen molar-refractivity contribution in [3.05, 3.63) is 54.2 Å². The number of nitrogens with zero attached hydrogens (tertiary/aromatic N) is 4. The predicted molar refractivity (Wildman–Crippen MR) is 91.7 cm³/mol. The Hall–Kier alpha value is -2.60. The topological polar surface area (TPSA) is 56.3 Å². The quantitative estimate of drug-likeness (QED) is 0.668. The van der Waals surface area contributed by atoms with Crippen LogP contribution >= 0.6 is 0 Å². The van der Waals surface area contributed by atoms with Gasteiger partial charge >= 0.3 is 0 Å². The van der Waals surface area contributed by atoms with Crippen molar-refractivity contribution < 1.29 is 9.26 Å². The first-order valence-corrected chi connectivity index (χ1v) is 7.91. The van der Waals surface area contributed by atoms with Crippen LogP contribution in [0.25, 0.3) is 11.4 Å². The zero-order valence-corrected chi connectivity index (χ0v) is 14.3. The third kappa shape index (κ3) is 3.83. The number of hydrogen-bond donors (Lipinski definition) is 0. The summed E-state index contributed by atoms with van der Waals surface area (Å²) in [5.41, 5.74) is 2.20. The summed E-state index contributed by atoms with van der Waals surface area (Å²) < 4.78 is 12.6. The summed E-state index contributed by atoms with van der Waals surface area (Å²) in [6.45, 7) is 1.75. The molecule has 0 radical (unpaired) electrons. The third-order valence-electron chi connectivity index (χ3n) is 4.01. The van der Waals surface area contributed by atoms with Gasteiger partial charge in [-0.25, -0.2) is 0 Å². The molecule has 0 N–H and O–H groups in total. The zero-order valence-electron chi connectivity index (χ0n) is 14.3. The largest absolute Gasteiger partial charge is 0.497 e. The van der Waals surface area contributed by atoms with Crippen molar-refractivity contribution in [2.45, 2.75) is 13.0 Å². The lowest BCUT2D eigenvalue weighted by Gasteiger charge is -2.15. The molecule has 0 fully saturated rings. The minimum absolute atomic E-state index is 0.609. The van der Waals surface area contributed by atoms with Crippen LogP contribution in [0.2, 0.25) is 0 Å². The van der Waals surface area contributed by atoms with E-state index in [2.05, 4.69) is 52.0 Å². The van der Waals surface area contributed by atoms with Crippen LogP contribution in [0.3, 0.4) is 0 Å². The standard InChI is InChI=1S/C18H22N4O2/c1-21(13-15-5-4-11-22(15)2)12-10-17-19-18(20-24-17)14-6-8-16(23-3)9-7-14/h4-9,11H,10,12-13H2,1-3H3. The van der Waals surface area contributed by atoms with Gasteiger partial charge in [-0.1, -0.05) is 5.16 Å². The average Bonchev–Trinajstić information content (AvgIpc) is 3.23. The molecule has 0 aliphatic rings. The fraction of sp³-hybridized carbons (Fsp3) is 0.333. The summed E-state index contributed by atoms with van der Waals surface area (Å²) in [5, 5.41) is 4.06. The molecule has 0 unspecified atom stereocenters. The first kappa shape index (κ1) is 16.3. The van der Waals surface area contributed by atoms with E-state index in [4.69, 9.17) is 9.26 Å². The van der Waals surface area contributed by atoms with Crippen LogP contribution in [-0.4, -0.2) is 40.3 Å². The van der Waals surface area contributed by atoms with Crippen molar-refractivity contribution in [3.8, 4) is 17.1 Å². The van der Waals surface area contributed by atoms with E-state index in [1.807, 2.05) is 24.3 Å². The smallest absolute Gasteiger partial charge is 0.228 e. The molecule has 0 aliphatic heterocycles. The Morgan fingerprint density at radius 2 is 2.00 bits per heavy atom. The van der Waals surface area contributed by atoms with Gasteiger partial charge in [0, 0.05) is 44.0 Å². The van der Waals surface area contributed by atoms with Gasteiger partial charge < -0.3 is 18.7 Å². The number of likely N-dealkylation sites (N-methyl/N-ethyl adjacent to an activating group) is 1. The first-order valence-electron chi connectivity index (χ1n) is 7.91. The molecule has 0 amide bonds. The number of ether oxygens (including phenoxy) is 1. The Bertz CT molecular complexity index is 776. The molecule has 6 nitrogen and oxygen atoms in total. The van der Waals surface area contributed by atoms with Gasteiger partial charge in [0.15, 0.2) is 0 Å². The Morgan fingerprint density at radius 3 is 2.67 bits per heavy atom. The third-order valence-corrected chi connectivity index (χ3v) is 4.01. The van der Waals surface area contributed by atoms with Gasteiger partial charge in [0.05, 0.1) is 7.11 Å². The van der Waals surface area contributed by atoms with E-state index in [1.54, 1.807) is 7.11 Å². The predicted octanol–water partition coefficient (Wildman–Crippen LogP) is 2.76. The fourth-order valence-electron chi connectivity index (χ4n) is 2.52. The molecule has 126 valence electrons. The highest BCUT2D eigenvalue weighted by Gasteiger charge is 2.10. The lowest BCUT2D eigenvalue weighted by Crippen LogP contribution is -2.22. The van der Waals surface area contributed by atoms with Crippen molar-refractivity contribution in [2.75, 3.05) is 20.7 Å². The highest BCUT2D eigenvalue weighted by molar-refractivity contribution is 5.55. The van der Waals surface area contributed by atoms with Crippen LogP contribution in [0.1, 0.15) is 11.6 Å². The van der Waals surface area contributed by atoms with Crippen LogP contribution < -0.4 is 4.74 Å². The minimum Gasteiger partial charge on any atom is -0.497 e. The van der Waals surface area contributed by atoms with E-state index in [0.29, 0.717) is 11.7 Å². The molecule has 2 aromatic heterocycles. The van der Waals surface area contributed by atoms with E-state index in [1.165, 1.54) is 5.69 Å². The van der Waals surface area contributed by atoms with Gasteiger partial charge in [-0.3, -0.25) is 0 Å². The van der Waals surface area contributed by atoms with Crippen LogP contribution in [0.15, 0.2) is 47.1 Å². The van der Waals surface area contributed by atoms with Gasteiger partial charge in [-0.15, -0.1) is 0 Å². The summed E-state index contributed by atoms with van der Waals surface area (Å²) in [6, 6.07) is 11.8. The van der Waals surface area contributed by atoms with E-state index in [-0.39, 0.29) is 0 Å². The highest BCUT2D eigenvalue weighted by Crippen LogP contribution is 2.19. The number of benzene rings is 1. The summed E-state index contributed by atoms with van der Waals surface area (Å²) in [4.78, 5) is 6.71. The van der Waals surface area contributed by atoms with Crippen molar-refractivity contribution in [1.29, 1.82) is 0 Å². The van der Waals surface area contributed by atoms with Crippen LogP contribution in [-0.2, 0) is 20.0 Å². The maximum atomic E-state index is 5.36. The SMILES string of the molecule is COc1ccc(-c2noc(CCN(C)Cc3cccn3C)n2)cc1. The Labute approximate surface area is 141 Å². The molecule has 6 heteroatoms. The zero-order chi connectivity index (χ0) is 16.9. The lowest BCUT2D eigenvalue weighted by molar-refractivity contribution is 0.298. The molecule has 24 heavy (non-hydrogen) atoms. The van der Waals surface area contributed by atoms with E-state index >= 15 is 0 Å². The normalized spacial score (nSPS) is 11.2. The highest BCUT2D eigenvalue weighted by atomic mass is 16.5. The number of aromatic nitrogens is 3. The lowest BCUT2D eigenvalue weighted by atomic mass is 10.2. The van der Waals surface area contributed by atoms with Gasteiger partial charge in [-0.05, 0) is 43.4 Å². The fourth-order valence-corrected chi connectivity index (χ4v) is 2.52. The van der Waals surface area contributed by atoms with Crippen molar-refractivity contribution in [2.24, 2.45) is 7.05 Å². The second-order valence-corrected chi connectivity index (χ2v) is 5.84. The van der Waals surface area contributed by atoms with Gasteiger partial charge in [0.25, 0.3) is 0 Å². The Morgan fingerprint density at radius 1 is 1.21 bits per heavy atom. The molecule has 0 bridgehead atoms. The number of rotatable bonds is 7. The molecule has 0 spiro atoms. The molecule has 0 saturated carbocycles. The summed E-state index contributed by atoms with van der Waals surface area (Å²) >= 11 is 0. The summed E-state index contributed by atoms with van der Waals surface area (Å²) in [6.07, 6.45) is 2.78. The van der Waals surface area contributed by atoms with Crippen LogP contribution in [0.5, 0.6) is 5.75 Å². The monoisotopic (exact) mass is 326 g/mol. The van der Waals surface area contributed by atoms with Crippen molar-refractivity contribution in [3.63, 3.8) is 0 Å². The van der Waals surface area contributed by atoms with Crippen molar-refractivity contribution in [1.82, 2.24) is 19.6 Å². The molecule has 2 heterocycles. The summed E-state index contributed by atoms with van der Waals surface area (Å²) in [7, 11) is 5.80. The minimum atomic E-state index is 0.609. The Kier molecular flexibility index (Phi) is 4.96. The second-order valence-electron chi connectivity index (χ2n) is 5.84. The molecule has 3 rings (SSSR count). The van der Waals surface area contributed by atoms with Crippen molar-refractivity contribution >= 4 is 0 Å². The summed E-state index contributed by atoms with van der Waals surface area (Å²) in [5.74, 6) is 2.07.